The summed E-state index contributed by atoms with van der Waals surface area (Å²) in [5, 5.41) is 10.8. The zero-order valence-corrected chi connectivity index (χ0v) is 13.9. The second-order valence-electron chi connectivity index (χ2n) is 6.35. The molecule has 0 aromatic heterocycles. The van der Waals surface area contributed by atoms with E-state index >= 15 is 0 Å². The van der Waals surface area contributed by atoms with E-state index in [4.69, 9.17) is 4.74 Å². The fraction of sp³-hybridized carbons (Fsp3) is 0.350. The van der Waals surface area contributed by atoms with Crippen molar-refractivity contribution in [1.82, 2.24) is 4.90 Å². The molecule has 0 atom stereocenters. The van der Waals surface area contributed by atoms with Gasteiger partial charge in [-0.3, -0.25) is 9.69 Å². The molecule has 0 aliphatic carbocycles. The third kappa shape index (κ3) is 3.66. The molecule has 24 heavy (non-hydrogen) atoms. The molecule has 0 bridgehead atoms. The van der Waals surface area contributed by atoms with Crippen LogP contribution in [0.3, 0.4) is 0 Å². The van der Waals surface area contributed by atoms with Crippen molar-refractivity contribution in [1.29, 1.82) is 0 Å². The van der Waals surface area contributed by atoms with Crippen LogP contribution < -0.4 is 4.74 Å². The summed E-state index contributed by atoms with van der Waals surface area (Å²) in [4.78, 5) is 15.0. The highest BCUT2D eigenvalue weighted by Gasteiger charge is 2.39. The van der Waals surface area contributed by atoms with Gasteiger partial charge in [-0.05, 0) is 42.7 Å². The van der Waals surface area contributed by atoms with Crippen molar-refractivity contribution >= 4 is 5.78 Å². The number of Topliss-reactive ketones (excluding diaryl/α,β-unsaturated/α-hetero) is 1. The van der Waals surface area contributed by atoms with Gasteiger partial charge in [-0.2, -0.15) is 0 Å². The Balaban J connectivity index is 1.62. The van der Waals surface area contributed by atoms with Gasteiger partial charge in [-0.25, -0.2) is 0 Å². The third-order valence-corrected chi connectivity index (χ3v) is 4.71. The number of hydrogen-bond donors (Lipinski definition) is 1. The number of nitrogens with zero attached hydrogens (tertiary/aromatic N) is 1. The van der Waals surface area contributed by atoms with Gasteiger partial charge in [0.05, 0.1) is 7.11 Å². The van der Waals surface area contributed by atoms with Gasteiger partial charge in [-0.1, -0.05) is 30.3 Å². The topological polar surface area (TPSA) is 49.8 Å². The van der Waals surface area contributed by atoms with Crippen LogP contribution in [0.25, 0.3) is 0 Å². The van der Waals surface area contributed by atoms with E-state index in [2.05, 4.69) is 17.0 Å². The van der Waals surface area contributed by atoms with Crippen LogP contribution in [-0.4, -0.2) is 41.6 Å². The molecule has 3 rings (SSSR count). The van der Waals surface area contributed by atoms with Crippen molar-refractivity contribution in [2.45, 2.75) is 25.0 Å². The smallest absolute Gasteiger partial charge is 0.194 e. The van der Waals surface area contributed by atoms with Crippen molar-refractivity contribution < 1.29 is 14.6 Å². The summed E-state index contributed by atoms with van der Waals surface area (Å²) in [5.41, 5.74) is 0.529. The van der Waals surface area contributed by atoms with Crippen molar-refractivity contribution in [3.63, 3.8) is 0 Å². The number of aliphatic hydroxyl groups is 1. The second-order valence-corrected chi connectivity index (χ2v) is 6.35. The molecule has 1 N–H and O–H groups in total. The van der Waals surface area contributed by atoms with Crippen LogP contribution in [0.5, 0.6) is 5.75 Å². The average Bonchev–Trinajstić information content (AvgIpc) is 2.64. The minimum Gasteiger partial charge on any atom is -0.497 e. The maximum absolute atomic E-state index is 12.7. The normalized spacial score (nSPS) is 17.4. The van der Waals surface area contributed by atoms with Gasteiger partial charge >= 0.3 is 0 Å². The van der Waals surface area contributed by atoms with Crippen molar-refractivity contribution in [2.24, 2.45) is 0 Å². The van der Waals surface area contributed by atoms with Crippen LogP contribution in [0.2, 0.25) is 0 Å². The molecule has 1 heterocycles. The van der Waals surface area contributed by atoms with E-state index in [0.717, 1.165) is 6.54 Å². The fourth-order valence-electron chi connectivity index (χ4n) is 3.16. The van der Waals surface area contributed by atoms with Crippen molar-refractivity contribution in [2.75, 3.05) is 20.2 Å². The predicted molar refractivity (Wildman–Crippen MR) is 93.2 cm³/mol. The van der Waals surface area contributed by atoms with Gasteiger partial charge in [0.25, 0.3) is 0 Å². The molecule has 1 aliphatic rings. The quantitative estimate of drug-likeness (QED) is 0.859. The summed E-state index contributed by atoms with van der Waals surface area (Å²) in [6, 6.07) is 17.2. The Morgan fingerprint density at radius 2 is 1.71 bits per heavy atom. The summed E-state index contributed by atoms with van der Waals surface area (Å²) in [6.07, 6.45) is 0.926. The monoisotopic (exact) mass is 325 g/mol. The number of carbonyl (C=O) groups excluding carboxylic acids is 1. The van der Waals surface area contributed by atoms with E-state index in [9.17, 15) is 9.90 Å². The molecule has 1 fully saturated rings. The minimum atomic E-state index is -1.26. The Kier molecular flexibility index (Phi) is 4.97. The highest BCUT2D eigenvalue weighted by atomic mass is 16.5. The standard InChI is InChI=1S/C20H23NO3/c1-24-18-9-7-17(8-10-18)19(22)20(23)11-13-21(14-12-20)15-16-5-3-2-4-6-16/h2-10,23H,11-15H2,1H3. The fourth-order valence-corrected chi connectivity index (χ4v) is 3.16. The van der Waals surface area contributed by atoms with Crippen LogP contribution in [0.4, 0.5) is 0 Å². The van der Waals surface area contributed by atoms with Crippen LogP contribution in [0, 0.1) is 0 Å². The second kappa shape index (κ2) is 7.16. The van der Waals surface area contributed by atoms with Gasteiger partial charge < -0.3 is 9.84 Å². The van der Waals surface area contributed by atoms with E-state index in [-0.39, 0.29) is 5.78 Å². The van der Waals surface area contributed by atoms with E-state index in [1.165, 1.54) is 5.56 Å². The Labute approximate surface area is 142 Å². The molecule has 0 spiro atoms. The summed E-state index contributed by atoms with van der Waals surface area (Å²) in [7, 11) is 1.59. The highest BCUT2D eigenvalue weighted by molar-refractivity contribution is 6.02. The molecular formula is C20H23NO3. The Morgan fingerprint density at radius 1 is 1.08 bits per heavy atom. The first kappa shape index (κ1) is 16.7. The molecule has 0 radical (unpaired) electrons. The van der Waals surface area contributed by atoms with Gasteiger partial charge in [-0.15, -0.1) is 0 Å². The molecule has 0 unspecified atom stereocenters. The first-order chi connectivity index (χ1) is 11.6. The lowest BCUT2D eigenvalue weighted by molar-refractivity contribution is -0.00780. The largest absolute Gasteiger partial charge is 0.497 e. The summed E-state index contributed by atoms with van der Waals surface area (Å²) >= 11 is 0. The van der Waals surface area contributed by atoms with Gasteiger partial charge in [0.15, 0.2) is 5.78 Å². The number of methoxy groups -OCH3 is 1. The lowest BCUT2D eigenvalue weighted by Crippen LogP contribution is -2.49. The van der Waals surface area contributed by atoms with Gasteiger partial charge in [0, 0.05) is 25.2 Å². The molecular weight excluding hydrogens is 302 g/mol. The number of ketones is 1. The van der Waals surface area contributed by atoms with E-state index in [1.807, 2.05) is 18.2 Å². The van der Waals surface area contributed by atoms with Crippen LogP contribution in [0.1, 0.15) is 28.8 Å². The number of likely N-dealkylation sites (tertiary alicyclic amines) is 1. The number of hydrogen-bond acceptors (Lipinski definition) is 4. The van der Waals surface area contributed by atoms with Crippen molar-refractivity contribution in [3.8, 4) is 5.75 Å². The van der Waals surface area contributed by atoms with Crippen molar-refractivity contribution in [3.05, 3.63) is 65.7 Å². The highest BCUT2D eigenvalue weighted by Crippen LogP contribution is 2.28. The molecule has 1 saturated heterocycles. The summed E-state index contributed by atoms with van der Waals surface area (Å²) < 4.78 is 5.11. The first-order valence-electron chi connectivity index (χ1n) is 8.28. The molecule has 2 aromatic carbocycles. The zero-order chi connectivity index (χ0) is 17.0. The van der Waals surface area contributed by atoms with Crippen LogP contribution in [-0.2, 0) is 6.54 Å². The molecule has 0 saturated carbocycles. The van der Waals surface area contributed by atoms with Gasteiger partial charge in [0.1, 0.15) is 11.4 Å². The molecule has 4 heteroatoms. The van der Waals surface area contributed by atoms with E-state index < -0.39 is 5.60 Å². The predicted octanol–water partition coefficient (Wildman–Crippen LogP) is 2.91. The zero-order valence-electron chi connectivity index (χ0n) is 13.9. The first-order valence-corrected chi connectivity index (χ1v) is 8.28. The molecule has 4 nitrogen and oxygen atoms in total. The van der Waals surface area contributed by atoms with Gasteiger partial charge in [0.2, 0.25) is 0 Å². The maximum Gasteiger partial charge on any atom is 0.194 e. The summed E-state index contributed by atoms with van der Waals surface area (Å²) in [5.74, 6) is 0.515. The van der Waals surface area contributed by atoms with E-state index in [0.29, 0.717) is 37.2 Å². The number of rotatable bonds is 5. The third-order valence-electron chi connectivity index (χ3n) is 4.71. The Bertz CT molecular complexity index is 674. The Morgan fingerprint density at radius 3 is 2.29 bits per heavy atom. The number of piperidine rings is 1. The molecule has 2 aromatic rings. The maximum atomic E-state index is 12.7. The molecule has 126 valence electrons. The lowest BCUT2D eigenvalue weighted by Gasteiger charge is -2.37. The number of carbonyl (C=O) groups is 1. The SMILES string of the molecule is COc1ccc(C(=O)C2(O)CCN(Cc3ccccc3)CC2)cc1. The summed E-state index contributed by atoms with van der Waals surface area (Å²) in [6.45, 7) is 2.29. The van der Waals surface area contributed by atoms with Crippen LogP contribution >= 0.6 is 0 Å². The number of ether oxygens (including phenoxy) is 1. The molecule has 1 aliphatic heterocycles. The lowest BCUT2D eigenvalue weighted by atomic mass is 9.84. The number of benzene rings is 2. The van der Waals surface area contributed by atoms with Crippen LogP contribution in [0.15, 0.2) is 54.6 Å². The van der Waals surface area contributed by atoms with E-state index in [1.54, 1.807) is 31.4 Å². The molecule has 0 amide bonds. The average molecular weight is 325 g/mol. The minimum absolute atomic E-state index is 0.190. The Hall–Kier alpha value is -2.17.